The molecule has 0 aliphatic carbocycles. The van der Waals surface area contributed by atoms with E-state index in [9.17, 15) is 0 Å². The van der Waals surface area contributed by atoms with Gasteiger partial charge in [0.05, 0.1) is 11.4 Å². The van der Waals surface area contributed by atoms with Crippen molar-refractivity contribution < 1.29 is 0 Å². The molecule has 0 fully saturated rings. The predicted molar refractivity (Wildman–Crippen MR) is 96.3 cm³/mol. The van der Waals surface area contributed by atoms with Crippen molar-refractivity contribution in [2.24, 2.45) is 0 Å². The predicted octanol–water partition coefficient (Wildman–Crippen LogP) is 5.13. The van der Waals surface area contributed by atoms with Gasteiger partial charge < -0.3 is 0 Å². The first kappa shape index (κ1) is 14.2. The maximum Gasteiger partial charge on any atom is 0.163 e. The number of aryl methyl sites for hydroxylation is 1. The van der Waals surface area contributed by atoms with Crippen LogP contribution in [0, 0.1) is 6.92 Å². The zero-order valence-corrected chi connectivity index (χ0v) is 14.2. The Morgan fingerprint density at radius 2 is 1.70 bits per heavy atom. The number of hydrogen-bond donors (Lipinski definition) is 0. The summed E-state index contributed by atoms with van der Waals surface area (Å²) in [5.74, 6) is 0. The summed E-state index contributed by atoms with van der Waals surface area (Å²) in [6.45, 7) is 2.03. The largest absolute Gasteiger partial charge is 0.236 e. The Morgan fingerprint density at radius 3 is 2.48 bits per heavy atom. The molecule has 2 heterocycles. The van der Waals surface area contributed by atoms with Crippen molar-refractivity contribution in [3.8, 4) is 22.4 Å². The first-order chi connectivity index (χ1) is 11.2. The maximum absolute atomic E-state index is 4.73. The molecular formula is C19H14BrN3. The number of hydrogen-bond acceptors (Lipinski definition) is 2. The summed E-state index contributed by atoms with van der Waals surface area (Å²) in [5.41, 5.74) is 6.22. The van der Waals surface area contributed by atoms with Gasteiger partial charge in [0.15, 0.2) is 5.65 Å². The zero-order valence-electron chi connectivity index (χ0n) is 12.6. The van der Waals surface area contributed by atoms with Crippen molar-refractivity contribution in [2.45, 2.75) is 6.92 Å². The lowest BCUT2D eigenvalue weighted by Crippen LogP contribution is -1.95. The quantitative estimate of drug-likeness (QED) is 0.493. The molecule has 23 heavy (non-hydrogen) atoms. The monoisotopic (exact) mass is 363 g/mol. The fourth-order valence-corrected chi connectivity index (χ4v) is 3.26. The van der Waals surface area contributed by atoms with Gasteiger partial charge in [-0.1, -0.05) is 58.4 Å². The SMILES string of the molecule is Cc1nn2c(-c3cccc(Br)c3)ccnc2c1-c1ccccc1. The molecule has 0 amide bonds. The molecule has 0 saturated carbocycles. The van der Waals surface area contributed by atoms with Gasteiger partial charge in [-0.25, -0.2) is 9.50 Å². The van der Waals surface area contributed by atoms with E-state index in [1.165, 1.54) is 0 Å². The third-order valence-electron chi connectivity index (χ3n) is 3.88. The lowest BCUT2D eigenvalue weighted by Gasteiger charge is -2.05. The van der Waals surface area contributed by atoms with Crippen LogP contribution in [0.5, 0.6) is 0 Å². The second kappa shape index (κ2) is 5.63. The van der Waals surface area contributed by atoms with E-state index in [4.69, 9.17) is 5.10 Å². The van der Waals surface area contributed by atoms with Crippen LogP contribution < -0.4 is 0 Å². The van der Waals surface area contributed by atoms with E-state index in [-0.39, 0.29) is 0 Å². The van der Waals surface area contributed by atoms with E-state index in [1.54, 1.807) is 0 Å². The lowest BCUT2D eigenvalue weighted by molar-refractivity contribution is 0.925. The minimum absolute atomic E-state index is 0.881. The van der Waals surface area contributed by atoms with Crippen LogP contribution in [0.3, 0.4) is 0 Å². The summed E-state index contributed by atoms with van der Waals surface area (Å²) in [6.07, 6.45) is 1.85. The molecular weight excluding hydrogens is 350 g/mol. The minimum atomic E-state index is 0.881. The Labute approximate surface area is 142 Å². The van der Waals surface area contributed by atoms with Gasteiger partial charge in [0.1, 0.15) is 0 Å². The zero-order chi connectivity index (χ0) is 15.8. The number of rotatable bonds is 2. The summed E-state index contributed by atoms with van der Waals surface area (Å²) in [7, 11) is 0. The number of aromatic nitrogens is 3. The van der Waals surface area contributed by atoms with Crippen LogP contribution in [0.15, 0.2) is 71.3 Å². The van der Waals surface area contributed by atoms with Gasteiger partial charge in [-0.2, -0.15) is 5.10 Å². The van der Waals surface area contributed by atoms with Crippen LogP contribution in [-0.4, -0.2) is 14.6 Å². The standard InChI is InChI=1S/C19H14BrN3/c1-13-18(14-6-3-2-4-7-14)19-21-11-10-17(23(19)22-13)15-8-5-9-16(20)12-15/h2-12H,1H3. The second-order valence-corrected chi connectivity index (χ2v) is 6.32. The number of nitrogens with zero attached hydrogens (tertiary/aromatic N) is 3. The van der Waals surface area contributed by atoms with E-state index in [0.717, 1.165) is 38.2 Å². The van der Waals surface area contributed by atoms with Gasteiger partial charge in [-0.3, -0.25) is 0 Å². The van der Waals surface area contributed by atoms with E-state index < -0.39 is 0 Å². The highest BCUT2D eigenvalue weighted by molar-refractivity contribution is 9.10. The molecule has 0 radical (unpaired) electrons. The topological polar surface area (TPSA) is 30.2 Å². The van der Waals surface area contributed by atoms with E-state index >= 15 is 0 Å². The molecule has 4 aromatic rings. The molecule has 0 aliphatic rings. The smallest absolute Gasteiger partial charge is 0.163 e. The average Bonchev–Trinajstić information content (AvgIpc) is 2.91. The average molecular weight is 364 g/mol. The molecule has 112 valence electrons. The van der Waals surface area contributed by atoms with Crippen LogP contribution in [0.1, 0.15) is 5.69 Å². The first-order valence-electron chi connectivity index (χ1n) is 7.40. The van der Waals surface area contributed by atoms with Crippen molar-refractivity contribution >= 4 is 21.6 Å². The highest BCUT2D eigenvalue weighted by atomic mass is 79.9. The van der Waals surface area contributed by atoms with Gasteiger partial charge >= 0.3 is 0 Å². The summed E-state index contributed by atoms with van der Waals surface area (Å²) < 4.78 is 2.98. The van der Waals surface area contributed by atoms with Crippen molar-refractivity contribution in [3.05, 3.63) is 77.0 Å². The van der Waals surface area contributed by atoms with Crippen molar-refractivity contribution in [1.29, 1.82) is 0 Å². The van der Waals surface area contributed by atoms with Crippen molar-refractivity contribution in [3.63, 3.8) is 0 Å². The van der Waals surface area contributed by atoms with E-state index in [0.29, 0.717) is 0 Å². The van der Waals surface area contributed by atoms with Crippen LogP contribution in [0.25, 0.3) is 28.0 Å². The Hall–Kier alpha value is -2.46. The molecule has 0 atom stereocenters. The van der Waals surface area contributed by atoms with Crippen molar-refractivity contribution in [1.82, 2.24) is 14.6 Å². The molecule has 4 rings (SSSR count). The molecule has 0 N–H and O–H groups in total. The molecule has 3 nitrogen and oxygen atoms in total. The Kier molecular flexibility index (Phi) is 3.46. The summed E-state index contributed by atoms with van der Waals surface area (Å²) in [6, 6.07) is 20.5. The lowest BCUT2D eigenvalue weighted by atomic mass is 10.1. The molecule has 4 heteroatoms. The molecule has 0 unspecified atom stereocenters. The molecule has 2 aromatic heterocycles. The van der Waals surface area contributed by atoms with Gasteiger partial charge in [0.25, 0.3) is 0 Å². The molecule has 0 saturated heterocycles. The van der Waals surface area contributed by atoms with Crippen LogP contribution >= 0.6 is 15.9 Å². The fourth-order valence-electron chi connectivity index (χ4n) is 2.86. The minimum Gasteiger partial charge on any atom is -0.236 e. The number of benzene rings is 2. The third kappa shape index (κ3) is 2.45. The van der Waals surface area contributed by atoms with Crippen LogP contribution in [0.4, 0.5) is 0 Å². The van der Waals surface area contributed by atoms with Crippen molar-refractivity contribution in [2.75, 3.05) is 0 Å². The summed E-state index contributed by atoms with van der Waals surface area (Å²) in [5, 5.41) is 4.73. The van der Waals surface area contributed by atoms with Gasteiger partial charge in [-0.15, -0.1) is 0 Å². The number of fused-ring (bicyclic) bond motifs is 1. The Balaban J connectivity index is 2.00. The Bertz CT molecular complexity index is 990. The highest BCUT2D eigenvalue weighted by Gasteiger charge is 2.15. The van der Waals surface area contributed by atoms with Crippen LogP contribution in [0.2, 0.25) is 0 Å². The molecule has 0 bridgehead atoms. The summed E-state index contributed by atoms with van der Waals surface area (Å²) in [4.78, 5) is 4.58. The number of halogens is 1. The van der Waals surface area contributed by atoms with Gasteiger partial charge in [0.2, 0.25) is 0 Å². The molecule has 0 spiro atoms. The summed E-state index contributed by atoms with van der Waals surface area (Å²) >= 11 is 3.53. The fraction of sp³-hybridized carbons (Fsp3) is 0.0526. The van der Waals surface area contributed by atoms with E-state index in [1.807, 2.05) is 54.0 Å². The third-order valence-corrected chi connectivity index (χ3v) is 4.37. The normalized spacial score (nSPS) is 11.0. The van der Waals surface area contributed by atoms with Gasteiger partial charge in [-0.05, 0) is 30.7 Å². The maximum atomic E-state index is 4.73. The second-order valence-electron chi connectivity index (χ2n) is 5.40. The van der Waals surface area contributed by atoms with E-state index in [2.05, 4.69) is 45.2 Å². The van der Waals surface area contributed by atoms with Gasteiger partial charge in [0, 0.05) is 21.8 Å². The van der Waals surface area contributed by atoms with Crippen LogP contribution in [-0.2, 0) is 0 Å². The highest BCUT2D eigenvalue weighted by Crippen LogP contribution is 2.30. The molecule has 0 aliphatic heterocycles. The molecule has 2 aromatic carbocycles. The first-order valence-corrected chi connectivity index (χ1v) is 8.19. The Morgan fingerprint density at radius 1 is 0.913 bits per heavy atom.